The van der Waals surface area contributed by atoms with E-state index >= 15 is 0 Å². The van der Waals surface area contributed by atoms with Gasteiger partial charge in [-0.15, -0.1) is 21.5 Å². The number of nitrogens with one attached hydrogen (secondary N) is 1. The van der Waals surface area contributed by atoms with Crippen LogP contribution < -0.4 is 5.32 Å². The topological polar surface area (TPSA) is 59.8 Å². The largest absolute Gasteiger partial charge is 0.325 e. The number of aromatic nitrogens is 3. The Morgan fingerprint density at radius 2 is 1.84 bits per heavy atom. The van der Waals surface area contributed by atoms with Gasteiger partial charge >= 0.3 is 0 Å². The second kappa shape index (κ2) is 11.1. The molecule has 32 heavy (non-hydrogen) atoms. The van der Waals surface area contributed by atoms with Crippen LogP contribution >= 0.6 is 23.1 Å². The summed E-state index contributed by atoms with van der Waals surface area (Å²) >= 11 is 3.16. The summed E-state index contributed by atoms with van der Waals surface area (Å²) in [4.78, 5) is 13.9. The number of hydrogen-bond acceptors (Lipinski definition) is 5. The molecule has 0 saturated carbocycles. The minimum atomic E-state index is -0.0340. The molecule has 0 aliphatic carbocycles. The molecule has 0 atom stereocenters. The Kier molecular flexibility index (Phi) is 7.74. The number of aryl methyl sites for hydroxylation is 2. The van der Waals surface area contributed by atoms with E-state index in [-0.39, 0.29) is 5.91 Å². The molecule has 2 heterocycles. The van der Waals surface area contributed by atoms with Crippen LogP contribution in [0, 0.1) is 0 Å². The van der Waals surface area contributed by atoms with Gasteiger partial charge < -0.3 is 9.88 Å². The molecule has 0 bridgehead atoms. The van der Waals surface area contributed by atoms with E-state index in [0.717, 1.165) is 48.0 Å². The van der Waals surface area contributed by atoms with Gasteiger partial charge in [-0.05, 0) is 41.5 Å². The number of carbonyl (C=O) groups excluding carboxylic acids is 1. The van der Waals surface area contributed by atoms with E-state index in [2.05, 4.69) is 68.8 Å². The molecule has 0 radical (unpaired) electrons. The van der Waals surface area contributed by atoms with Crippen LogP contribution in [0.2, 0.25) is 0 Å². The van der Waals surface area contributed by atoms with Gasteiger partial charge in [0, 0.05) is 23.5 Å². The fourth-order valence-electron chi connectivity index (χ4n) is 3.50. The zero-order chi connectivity index (χ0) is 22.2. The molecule has 5 nitrogen and oxygen atoms in total. The van der Waals surface area contributed by atoms with Crippen molar-refractivity contribution in [1.82, 2.24) is 14.8 Å². The number of benzene rings is 2. The van der Waals surface area contributed by atoms with Crippen LogP contribution in [0.5, 0.6) is 0 Å². The van der Waals surface area contributed by atoms with Gasteiger partial charge in [0.25, 0.3) is 0 Å². The molecule has 0 saturated heterocycles. The highest BCUT2D eigenvalue weighted by atomic mass is 32.2. The lowest BCUT2D eigenvalue weighted by atomic mass is 10.1. The van der Waals surface area contributed by atoms with Crippen LogP contribution in [0.15, 0.2) is 77.3 Å². The molecule has 164 valence electrons. The maximum absolute atomic E-state index is 12.6. The normalized spacial score (nSPS) is 10.9. The number of thiophene rings is 1. The molecule has 1 amide bonds. The SMILES string of the molecule is CCc1ccccc1NC(=O)CSc1nnc(Cc2cccs2)n1CCc1ccccc1. The van der Waals surface area contributed by atoms with Crippen molar-refractivity contribution in [3.8, 4) is 0 Å². The van der Waals surface area contributed by atoms with Crippen molar-refractivity contribution >= 4 is 34.7 Å². The summed E-state index contributed by atoms with van der Waals surface area (Å²) in [7, 11) is 0. The molecule has 1 N–H and O–H groups in total. The standard InChI is InChI=1S/C25H26N4OS2/c1-2-20-11-6-7-13-22(20)26-24(30)18-32-25-28-27-23(17-21-12-8-16-31-21)29(25)15-14-19-9-4-3-5-10-19/h3-13,16H,2,14-15,17-18H2,1H3,(H,26,30). The van der Waals surface area contributed by atoms with Crippen molar-refractivity contribution in [2.45, 2.75) is 37.9 Å². The first-order valence-electron chi connectivity index (χ1n) is 10.7. The van der Waals surface area contributed by atoms with E-state index in [0.29, 0.717) is 5.75 Å². The van der Waals surface area contributed by atoms with Crippen LogP contribution in [0.3, 0.4) is 0 Å². The monoisotopic (exact) mass is 462 g/mol. The Labute approximate surface area is 196 Å². The van der Waals surface area contributed by atoms with Gasteiger partial charge in [0.1, 0.15) is 5.82 Å². The van der Waals surface area contributed by atoms with Crippen LogP contribution in [0.4, 0.5) is 5.69 Å². The number of hydrogen-bond donors (Lipinski definition) is 1. The molecule has 0 fully saturated rings. The molecule has 0 unspecified atom stereocenters. The predicted octanol–water partition coefficient (Wildman–Crippen LogP) is 5.47. The summed E-state index contributed by atoms with van der Waals surface area (Å²) in [5.41, 5.74) is 3.28. The zero-order valence-electron chi connectivity index (χ0n) is 18.0. The summed E-state index contributed by atoms with van der Waals surface area (Å²) < 4.78 is 2.16. The molecular formula is C25H26N4OS2. The molecule has 0 aliphatic rings. The first-order valence-corrected chi connectivity index (χ1v) is 12.6. The third-order valence-corrected chi connectivity index (χ3v) is 7.02. The van der Waals surface area contributed by atoms with Crippen LogP contribution in [-0.2, 0) is 30.6 Å². The molecule has 0 spiro atoms. The second-order valence-corrected chi connectivity index (χ2v) is 9.36. The number of para-hydroxylation sites is 1. The van der Waals surface area contributed by atoms with Gasteiger partial charge in [-0.1, -0.05) is 73.3 Å². The Bertz CT molecular complexity index is 1140. The summed E-state index contributed by atoms with van der Waals surface area (Å²) in [6.07, 6.45) is 2.51. The van der Waals surface area contributed by atoms with Gasteiger partial charge in [-0.3, -0.25) is 4.79 Å². The Morgan fingerprint density at radius 1 is 1.03 bits per heavy atom. The van der Waals surface area contributed by atoms with Crippen molar-refractivity contribution in [2.75, 3.05) is 11.1 Å². The molecule has 2 aromatic heterocycles. The number of thioether (sulfide) groups is 1. The van der Waals surface area contributed by atoms with E-state index in [9.17, 15) is 4.79 Å². The Balaban J connectivity index is 1.45. The Morgan fingerprint density at radius 3 is 2.62 bits per heavy atom. The summed E-state index contributed by atoms with van der Waals surface area (Å²) in [6.45, 7) is 2.87. The lowest BCUT2D eigenvalue weighted by Gasteiger charge is -2.11. The third kappa shape index (κ3) is 5.87. The maximum atomic E-state index is 12.6. The fraction of sp³-hybridized carbons (Fsp3) is 0.240. The molecule has 4 aromatic rings. The average Bonchev–Trinajstić information content (AvgIpc) is 3.47. The van der Waals surface area contributed by atoms with E-state index in [1.807, 2.05) is 30.3 Å². The lowest BCUT2D eigenvalue weighted by molar-refractivity contribution is -0.113. The number of amides is 1. The highest BCUT2D eigenvalue weighted by Crippen LogP contribution is 2.22. The summed E-state index contributed by atoms with van der Waals surface area (Å²) in [6, 6.07) is 22.5. The Hall–Kier alpha value is -2.90. The first-order chi connectivity index (χ1) is 15.7. The molecule has 7 heteroatoms. The van der Waals surface area contributed by atoms with Gasteiger partial charge in [0.15, 0.2) is 5.16 Å². The quantitative estimate of drug-likeness (QED) is 0.318. The van der Waals surface area contributed by atoms with Crippen molar-refractivity contribution in [2.24, 2.45) is 0 Å². The maximum Gasteiger partial charge on any atom is 0.234 e. The number of rotatable bonds is 10. The van der Waals surface area contributed by atoms with Gasteiger partial charge in [0.05, 0.1) is 5.75 Å². The van der Waals surface area contributed by atoms with Crippen LogP contribution in [-0.4, -0.2) is 26.4 Å². The van der Waals surface area contributed by atoms with Gasteiger partial charge in [0.2, 0.25) is 5.91 Å². The molecule has 0 aliphatic heterocycles. The minimum Gasteiger partial charge on any atom is -0.325 e. The van der Waals surface area contributed by atoms with Crippen molar-refractivity contribution in [1.29, 1.82) is 0 Å². The van der Waals surface area contributed by atoms with E-state index in [1.54, 1.807) is 11.3 Å². The van der Waals surface area contributed by atoms with Crippen LogP contribution in [0.25, 0.3) is 0 Å². The smallest absolute Gasteiger partial charge is 0.234 e. The summed E-state index contributed by atoms with van der Waals surface area (Å²) in [5.74, 6) is 1.19. The lowest BCUT2D eigenvalue weighted by Crippen LogP contribution is -2.16. The highest BCUT2D eigenvalue weighted by molar-refractivity contribution is 7.99. The number of carbonyl (C=O) groups is 1. The second-order valence-electron chi connectivity index (χ2n) is 7.39. The van der Waals surface area contributed by atoms with E-state index in [4.69, 9.17) is 0 Å². The predicted molar refractivity (Wildman–Crippen MR) is 132 cm³/mol. The first kappa shape index (κ1) is 22.3. The molecular weight excluding hydrogens is 436 g/mol. The van der Waals surface area contributed by atoms with Crippen molar-refractivity contribution < 1.29 is 4.79 Å². The van der Waals surface area contributed by atoms with E-state index in [1.165, 1.54) is 22.2 Å². The molecule has 4 rings (SSSR count). The fourth-order valence-corrected chi connectivity index (χ4v) is 4.99. The highest BCUT2D eigenvalue weighted by Gasteiger charge is 2.16. The van der Waals surface area contributed by atoms with E-state index < -0.39 is 0 Å². The van der Waals surface area contributed by atoms with Crippen LogP contribution in [0.1, 0.15) is 28.8 Å². The third-order valence-electron chi connectivity index (χ3n) is 5.18. The van der Waals surface area contributed by atoms with Crippen molar-refractivity contribution in [3.05, 3.63) is 93.9 Å². The van der Waals surface area contributed by atoms with Gasteiger partial charge in [-0.25, -0.2) is 0 Å². The number of anilines is 1. The van der Waals surface area contributed by atoms with Gasteiger partial charge in [-0.2, -0.15) is 0 Å². The zero-order valence-corrected chi connectivity index (χ0v) is 19.7. The minimum absolute atomic E-state index is 0.0340. The summed E-state index contributed by atoms with van der Waals surface area (Å²) in [5, 5.41) is 14.8. The average molecular weight is 463 g/mol. The molecule has 2 aromatic carbocycles. The number of nitrogens with zero attached hydrogens (tertiary/aromatic N) is 3. The van der Waals surface area contributed by atoms with Crippen molar-refractivity contribution in [3.63, 3.8) is 0 Å².